The first-order valence-electron chi connectivity index (χ1n) is 8.43. The van der Waals surface area contributed by atoms with Gasteiger partial charge in [0.1, 0.15) is 0 Å². The summed E-state index contributed by atoms with van der Waals surface area (Å²) < 4.78 is 0. The SMILES string of the molecule is [CH3-].[CH3-].[Zr+4].c1c(CCc2cc3c([cH-]2)CCCC3)[cH-]c2c1CCCC2. The molecule has 0 unspecified atom stereocenters. The molecule has 0 aliphatic heterocycles. The minimum absolute atomic E-state index is 0. The van der Waals surface area contributed by atoms with Crippen LogP contribution in [-0.4, -0.2) is 0 Å². The maximum atomic E-state index is 2.48. The topological polar surface area (TPSA) is 0 Å². The van der Waals surface area contributed by atoms with Crippen LogP contribution in [0.3, 0.4) is 0 Å². The number of fused-ring (bicyclic) bond motifs is 2. The predicted octanol–water partition coefficient (Wildman–Crippen LogP) is 5.57. The van der Waals surface area contributed by atoms with Gasteiger partial charge in [-0.25, -0.2) is 12.1 Å². The Labute approximate surface area is 162 Å². The molecule has 2 aromatic carbocycles. The normalized spacial score (nSPS) is 15.5. The molecule has 0 bridgehead atoms. The van der Waals surface area contributed by atoms with Crippen molar-refractivity contribution in [1.29, 1.82) is 0 Å². The van der Waals surface area contributed by atoms with E-state index < -0.39 is 0 Å². The Kier molecular flexibility index (Phi) is 8.22. The van der Waals surface area contributed by atoms with Gasteiger partial charge in [0.25, 0.3) is 0 Å². The zero-order valence-electron chi connectivity index (χ0n) is 14.9. The molecule has 23 heavy (non-hydrogen) atoms. The van der Waals surface area contributed by atoms with Crippen LogP contribution in [0.15, 0.2) is 24.3 Å². The summed E-state index contributed by atoms with van der Waals surface area (Å²) in [6.45, 7) is 0. The number of rotatable bonds is 3. The van der Waals surface area contributed by atoms with Gasteiger partial charge in [-0.15, -0.1) is 0 Å². The van der Waals surface area contributed by atoms with Crippen LogP contribution in [0.25, 0.3) is 0 Å². The van der Waals surface area contributed by atoms with Crippen molar-refractivity contribution >= 4 is 0 Å². The third-order valence-corrected chi connectivity index (χ3v) is 5.25. The van der Waals surface area contributed by atoms with Crippen LogP contribution >= 0.6 is 0 Å². The van der Waals surface area contributed by atoms with Crippen molar-refractivity contribution in [3.63, 3.8) is 0 Å². The maximum Gasteiger partial charge on any atom is 4.00 e. The molecular formula is C22H30Zr. The number of hydrogen-bond acceptors (Lipinski definition) is 0. The number of aryl methyl sites for hydroxylation is 6. The molecule has 0 heterocycles. The summed E-state index contributed by atoms with van der Waals surface area (Å²) in [6.07, 6.45) is 13.3. The van der Waals surface area contributed by atoms with E-state index in [1.807, 2.05) is 0 Å². The molecule has 1 heteroatoms. The van der Waals surface area contributed by atoms with Crippen LogP contribution in [0.5, 0.6) is 0 Å². The first-order chi connectivity index (χ1) is 9.88. The van der Waals surface area contributed by atoms with Crippen LogP contribution in [0, 0.1) is 14.9 Å². The summed E-state index contributed by atoms with van der Waals surface area (Å²) in [5.74, 6) is 0. The van der Waals surface area contributed by atoms with Gasteiger partial charge in [-0.3, -0.25) is 0 Å². The summed E-state index contributed by atoms with van der Waals surface area (Å²) in [5.41, 5.74) is 9.74. The average molecular weight is 386 g/mol. The van der Waals surface area contributed by atoms with Gasteiger partial charge in [0.05, 0.1) is 0 Å². The number of hydrogen-bond donors (Lipinski definition) is 0. The van der Waals surface area contributed by atoms with Crippen molar-refractivity contribution in [2.24, 2.45) is 0 Å². The van der Waals surface area contributed by atoms with Crippen LogP contribution in [0.2, 0.25) is 0 Å². The van der Waals surface area contributed by atoms with Gasteiger partial charge >= 0.3 is 26.2 Å². The Balaban J connectivity index is 0.000000882. The van der Waals surface area contributed by atoms with Crippen molar-refractivity contribution in [3.8, 4) is 0 Å². The van der Waals surface area contributed by atoms with Gasteiger partial charge in [0.15, 0.2) is 0 Å². The van der Waals surface area contributed by atoms with E-state index in [4.69, 9.17) is 0 Å². The Morgan fingerprint density at radius 2 is 1.04 bits per heavy atom. The Bertz CT molecular complexity index is 498. The zero-order chi connectivity index (χ0) is 13.4. The molecule has 0 N–H and O–H groups in total. The summed E-state index contributed by atoms with van der Waals surface area (Å²) >= 11 is 0. The molecule has 0 radical (unpaired) electrons. The van der Waals surface area contributed by atoms with Crippen LogP contribution in [-0.2, 0) is 64.7 Å². The van der Waals surface area contributed by atoms with E-state index in [2.05, 4.69) is 24.3 Å². The first kappa shape index (κ1) is 20.6. The van der Waals surface area contributed by atoms with E-state index >= 15 is 0 Å². The fourth-order valence-corrected chi connectivity index (χ4v) is 4.12. The molecule has 122 valence electrons. The quantitative estimate of drug-likeness (QED) is 0.606. The summed E-state index contributed by atoms with van der Waals surface area (Å²) in [6, 6.07) is 9.93. The van der Waals surface area contributed by atoms with Crippen molar-refractivity contribution in [2.75, 3.05) is 0 Å². The van der Waals surface area contributed by atoms with Gasteiger partial charge in [-0.1, -0.05) is 51.4 Å². The molecule has 2 aromatic rings. The van der Waals surface area contributed by atoms with Crippen LogP contribution in [0.1, 0.15) is 59.1 Å². The Morgan fingerprint density at radius 3 is 1.43 bits per heavy atom. The molecule has 0 atom stereocenters. The van der Waals surface area contributed by atoms with Crippen LogP contribution < -0.4 is 0 Å². The molecule has 0 saturated carbocycles. The largest absolute Gasteiger partial charge is 4.00 e. The smallest absolute Gasteiger partial charge is 0.358 e. The summed E-state index contributed by atoms with van der Waals surface area (Å²) in [4.78, 5) is 0. The fourth-order valence-electron chi connectivity index (χ4n) is 4.12. The summed E-state index contributed by atoms with van der Waals surface area (Å²) in [7, 11) is 0. The molecule has 0 nitrogen and oxygen atoms in total. The minimum atomic E-state index is 0. The molecule has 0 fully saturated rings. The van der Waals surface area contributed by atoms with E-state index in [1.54, 1.807) is 33.4 Å². The third-order valence-electron chi connectivity index (χ3n) is 5.25. The van der Waals surface area contributed by atoms with Gasteiger partial charge in [0.2, 0.25) is 0 Å². The standard InChI is InChI=1S/C20H24.2CH3.Zr/c1-2-6-18-12-15(11-17(18)5-1)9-10-16-13-19-7-3-4-8-20(19)14-16;;;/h11-14H,1-10H2;2*1H3;/q-2;2*-1;+4. The first-order valence-corrected chi connectivity index (χ1v) is 8.43. The van der Waals surface area contributed by atoms with Crippen molar-refractivity contribution in [1.82, 2.24) is 0 Å². The molecule has 2 aliphatic rings. The predicted molar refractivity (Wildman–Crippen MR) is 97.6 cm³/mol. The van der Waals surface area contributed by atoms with Gasteiger partial charge in [-0.2, -0.15) is 45.5 Å². The minimum Gasteiger partial charge on any atom is -0.358 e. The van der Waals surface area contributed by atoms with Gasteiger partial charge in [-0.05, 0) is 12.8 Å². The molecule has 0 saturated heterocycles. The van der Waals surface area contributed by atoms with Gasteiger partial charge < -0.3 is 14.9 Å². The molecule has 0 spiro atoms. The maximum absolute atomic E-state index is 2.48. The van der Waals surface area contributed by atoms with Crippen molar-refractivity contribution < 1.29 is 26.2 Å². The monoisotopic (exact) mass is 384 g/mol. The second-order valence-corrected chi connectivity index (χ2v) is 6.74. The second kappa shape index (κ2) is 9.17. The van der Waals surface area contributed by atoms with Crippen molar-refractivity contribution in [3.05, 3.63) is 72.5 Å². The van der Waals surface area contributed by atoms with E-state index in [9.17, 15) is 0 Å². The molecule has 0 aromatic heterocycles. The molecular weight excluding hydrogens is 355 g/mol. The van der Waals surface area contributed by atoms with E-state index in [1.165, 1.54) is 64.2 Å². The van der Waals surface area contributed by atoms with Crippen molar-refractivity contribution in [2.45, 2.75) is 64.2 Å². The average Bonchev–Trinajstić information content (AvgIpc) is 3.07. The second-order valence-electron chi connectivity index (χ2n) is 6.74. The molecule has 4 rings (SSSR count). The van der Waals surface area contributed by atoms with Crippen LogP contribution in [0.4, 0.5) is 0 Å². The van der Waals surface area contributed by atoms with E-state index in [0.717, 1.165) is 0 Å². The Morgan fingerprint density at radius 1 is 0.652 bits per heavy atom. The van der Waals surface area contributed by atoms with E-state index in [0.29, 0.717) is 0 Å². The molecule has 0 amide bonds. The zero-order valence-corrected chi connectivity index (χ0v) is 17.3. The van der Waals surface area contributed by atoms with E-state index in [-0.39, 0.29) is 41.1 Å². The van der Waals surface area contributed by atoms with Gasteiger partial charge in [0, 0.05) is 0 Å². The Hall–Kier alpha value is -0.417. The molecule has 2 aliphatic carbocycles. The summed E-state index contributed by atoms with van der Waals surface area (Å²) in [5, 5.41) is 0. The fraction of sp³-hybridized carbons (Fsp3) is 0.455. The third kappa shape index (κ3) is 4.56.